The number of rotatable bonds is 7. The van der Waals surface area contributed by atoms with Gasteiger partial charge in [-0.1, -0.05) is 30.3 Å². The normalized spacial score (nSPS) is 12.3. The number of amides is 1. The van der Waals surface area contributed by atoms with E-state index in [1.54, 1.807) is 24.3 Å². The van der Waals surface area contributed by atoms with E-state index in [4.69, 9.17) is 4.74 Å². The molecule has 0 radical (unpaired) electrons. The lowest BCUT2D eigenvalue weighted by Gasteiger charge is -2.28. The maximum atomic E-state index is 14.1. The van der Waals surface area contributed by atoms with Crippen LogP contribution < -0.4 is 14.4 Å². The number of hydrogen-bond donors (Lipinski definition) is 1. The summed E-state index contributed by atoms with van der Waals surface area (Å²) in [5, 5.41) is 2.67. The fourth-order valence-electron chi connectivity index (χ4n) is 2.59. The first-order chi connectivity index (χ1) is 12.3. The van der Waals surface area contributed by atoms with Gasteiger partial charge >= 0.3 is 0 Å². The number of methoxy groups -OCH3 is 1. The number of hydrogen-bond acceptors (Lipinski definition) is 4. The Kier molecular flexibility index (Phi) is 6.20. The zero-order valence-corrected chi connectivity index (χ0v) is 15.6. The molecule has 1 atom stereocenters. The van der Waals surface area contributed by atoms with E-state index < -0.39 is 27.8 Å². The summed E-state index contributed by atoms with van der Waals surface area (Å²) in [5.41, 5.74) is 0.572. The van der Waals surface area contributed by atoms with Gasteiger partial charge < -0.3 is 10.1 Å². The summed E-state index contributed by atoms with van der Waals surface area (Å²) < 4.78 is 44.4. The Morgan fingerprint density at radius 3 is 2.42 bits per heavy atom. The fraction of sp³-hybridized carbons (Fsp3) is 0.278. The van der Waals surface area contributed by atoms with Gasteiger partial charge in [0.1, 0.15) is 17.6 Å². The Hall–Kier alpha value is -2.61. The number of nitrogens with one attached hydrogen (secondary N) is 1. The highest BCUT2D eigenvalue weighted by atomic mass is 32.2. The molecule has 0 aliphatic heterocycles. The molecule has 1 amide bonds. The molecule has 0 aromatic heterocycles. The van der Waals surface area contributed by atoms with Crippen molar-refractivity contribution in [2.24, 2.45) is 0 Å². The number of carbonyl (C=O) groups is 1. The van der Waals surface area contributed by atoms with E-state index in [0.29, 0.717) is 5.75 Å². The predicted octanol–water partition coefficient (Wildman–Crippen LogP) is 2.31. The summed E-state index contributed by atoms with van der Waals surface area (Å²) in [6, 6.07) is 11.4. The summed E-state index contributed by atoms with van der Waals surface area (Å²) in [7, 11) is -2.35. The molecule has 0 saturated carbocycles. The van der Waals surface area contributed by atoms with Gasteiger partial charge in [-0.05, 0) is 25.1 Å². The van der Waals surface area contributed by atoms with Crippen LogP contribution in [0.3, 0.4) is 0 Å². The molecule has 1 N–H and O–H groups in total. The van der Waals surface area contributed by atoms with Crippen molar-refractivity contribution >= 4 is 21.6 Å². The third-order valence-corrected chi connectivity index (χ3v) is 5.05. The number of benzene rings is 2. The van der Waals surface area contributed by atoms with Crippen molar-refractivity contribution in [2.75, 3.05) is 17.7 Å². The maximum Gasteiger partial charge on any atom is 0.243 e. The van der Waals surface area contributed by atoms with Crippen LogP contribution in [0.15, 0.2) is 48.5 Å². The van der Waals surface area contributed by atoms with Crippen molar-refractivity contribution in [3.8, 4) is 5.75 Å². The van der Waals surface area contributed by atoms with Crippen LogP contribution >= 0.6 is 0 Å². The monoisotopic (exact) mass is 380 g/mol. The van der Waals surface area contributed by atoms with Gasteiger partial charge in [0.2, 0.25) is 15.9 Å². The number of para-hydroxylation sites is 2. The third kappa shape index (κ3) is 4.51. The average molecular weight is 380 g/mol. The van der Waals surface area contributed by atoms with E-state index in [2.05, 4.69) is 5.32 Å². The number of halogens is 1. The van der Waals surface area contributed by atoms with Crippen LogP contribution in [-0.2, 0) is 21.4 Å². The van der Waals surface area contributed by atoms with E-state index >= 15 is 0 Å². The summed E-state index contributed by atoms with van der Waals surface area (Å²) in [5.74, 6) is -0.665. The van der Waals surface area contributed by atoms with Gasteiger partial charge in [0.15, 0.2) is 0 Å². The van der Waals surface area contributed by atoms with E-state index in [1.807, 2.05) is 0 Å². The molecule has 140 valence electrons. The fourth-order valence-corrected chi connectivity index (χ4v) is 3.77. The summed E-state index contributed by atoms with van der Waals surface area (Å²) >= 11 is 0. The smallest absolute Gasteiger partial charge is 0.243 e. The number of nitrogens with zero attached hydrogens (tertiary/aromatic N) is 1. The van der Waals surface area contributed by atoms with Crippen molar-refractivity contribution in [1.29, 1.82) is 0 Å². The van der Waals surface area contributed by atoms with Crippen molar-refractivity contribution in [1.82, 2.24) is 5.32 Å². The van der Waals surface area contributed by atoms with Gasteiger partial charge in [0, 0.05) is 12.1 Å². The van der Waals surface area contributed by atoms with Crippen molar-refractivity contribution in [3.63, 3.8) is 0 Å². The second-order valence-electron chi connectivity index (χ2n) is 5.72. The summed E-state index contributed by atoms with van der Waals surface area (Å²) in [6.45, 7) is 1.56. The van der Waals surface area contributed by atoms with Gasteiger partial charge in [-0.15, -0.1) is 0 Å². The highest BCUT2D eigenvalue weighted by molar-refractivity contribution is 7.92. The van der Waals surface area contributed by atoms with Crippen LogP contribution in [0.1, 0.15) is 12.5 Å². The number of carbonyl (C=O) groups excluding carboxylic acids is 1. The van der Waals surface area contributed by atoms with Gasteiger partial charge in [-0.2, -0.15) is 0 Å². The van der Waals surface area contributed by atoms with E-state index in [1.165, 1.54) is 32.2 Å². The van der Waals surface area contributed by atoms with E-state index in [-0.39, 0.29) is 12.2 Å². The lowest BCUT2D eigenvalue weighted by Crippen LogP contribution is -2.48. The molecule has 0 bridgehead atoms. The molecule has 0 aliphatic rings. The zero-order valence-electron chi connectivity index (χ0n) is 14.8. The molecule has 6 nitrogen and oxygen atoms in total. The number of anilines is 1. The number of ether oxygens (including phenoxy) is 1. The minimum absolute atomic E-state index is 0.155. The Labute approximate surface area is 152 Å². The van der Waals surface area contributed by atoms with Crippen LogP contribution in [0.4, 0.5) is 10.1 Å². The topological polar surface area (TPSA) is 75.7 Å². The van der Waals surface area contributed by atoms with Gasteiger partial charge in [0.25, 0.3) is 0 Å². The third-order valence-electron chi connectivity index (χ3n) is 3.82. The first-order valence-electron chi connectivity index (χ1n) is 7.89. The minimum atomic E-state index is -3.87. The molecule has 2 rings (SSSR count). The molecule has 8 heteroatoms. The lowest BCUT2D eigenvalue weighted by atomic mass is 10.2. The van der Waals surface area contributed by atoms with E-state index in [9.17, 15) is 17.6 Å². The van der Waals surface area contributed by atoms with Crippen LogP contribution in [0.25, 0.3) is 0 Å². The second kappa shape index (κ2) is 8.18. The van der Waals surface area contributed by atoms with Crippen LogP contribution in [0, 0.1) is 5.82 Å². The highest BCUT2D eigenvalue weighted by Crippen LogP contribution is 2.24. The van der Waals surface area contributed by atoms with E-state index in [0.717, 1.165) is 22.2 Å². The first kappa shape index (κ1) is 19.7. The Morgan fingerprint density at radius 2 is 1.81 bits per heavy atom. The molecule has 0 aliphatic carbocycles. The largest absolute Gasteiger partial charge is 0.496 e. The molecule has 26 heavy (non-hydrogen) atoms. The molecule has 0 spiro atoms. The second-order valence-corrected chi connectivity index (χ2v) is 7.58. The van der Waals surface area contributed by atoms with Crippen LogP contribution in [-0.4, -0.2) is 33.7 Å². The van der Waals surface area contributed by atoms with Gasteiger partial charge in [-0.3, -0.25) is 9.10 Å². The Bertz CT molecular complexity index is 886. The lowest BCUT2D eigenvalue weighted by molar-refractivity contribution is -0.122. The molecule has 2 aromatic carbocycles. The molecule has 2 aromatic rings. The Balaban J connectivity index is 2.22. The average Bonchev–Trinajstić information content (AvgIpc) is 2.60. The molecule has 0 saturated heterocycles. The predicted molar refractivity (Wildman–Crippen MR) is 98.0 cm³/mol. The minimum Gasteiger partial charge on any atom is -0.496 e. The molecular formula is C18H21FN2O4S. The number of sulfonamides is 1. The maximum absolute atomic E-state index is 14.1. The van der Waals surface area contributed by atoms with Crippen LogP contribution in [0.2, 0.25) is 0 Å². The quantitative estimate of drug-likeness (QED) is 0.800. The van der Waals surface area contributed by atoms with Gasteiger partial charge in [0.05, 0.1) is 19.1 Å². The first-order valence-corrected chi connectivity index (χ1v) is 9.74. The molecule has 0 heterocycles. The SMILES string of the molecule is COc1ccccc1CNC(=O)[C@@H](C)N(c1ccccc1F)S(C)(=O)=O. The van der Waals surface area contributed by atoms with Crippen molar-refractivity contribution in [3.05, 3.63) is 59.9 Å². The van der Waals surface area contributed by atoms with Gasteiger partial charge in [-0.25, -0.2) is 12.8 Å². The molecule has 0 unspecified atom stereocenters. The van der Waals surface area contributed by atoms with Crippen molar-refractivity contribution < 1.29 is 22.3 Å². The standard InChI is InChI=1S/C18H21FN2O4S/c1-13(18(22)20-12-14-8-4-7-11-17(14)25-2)21(26(3,23)24)16-10-6-5-9-15(16)19/h4-11,13H,12H2,1-3H3,(H,20,22)/t13-/m1/s1. The summed E-state index contributed by atoms with van der Waals surface area (Å²) in [4.78, 5) is 12.5. The molecular weight excluding hydrogens is 359 g/mol. The Morgan fingerprint density at radius 1 is 1.19 bits per heavy atom. The zero-order chi connectivity index (χ0) is 19.3. The highest BCUT2D eigenvalue weighted by Gasteiger charge is 2.30. The van der Waals surface area contributed by atoms with Crippen LogP contribution in [0.5, 0.6) is 5.75 Å². The molecule has 0 fully saturated rings. The van der Waals surface area contributed by atoms with Crippen molar-refractivity contribution in [2.45, 2.75) is 19.5 Å². The summed E-state index contributed by atoms with van der Waals surface area (Å²) in [6.07, 6.45) is 0.934.